The van der Waals surface area contributed by atoms with E-state index in [0.717, 1.165) is 12.3 Å². The third-order valence-electron chi connectivity index (χ3n) is 2.46. The van der Waals surface area contributed by atoms with Gasteiger partial charge in [0.25, 0.3) is 0 Å². The molecule has 1 heterocycles. The van der Waals surface area contributed by atoms with Gasteiger partial charge in [-0.15, -0.1) is 0 Å². The number of nitrogens with one attached hydrogen (secondary N) is 1. The molecule has 0 radical (unpaired) electrons. The van der Waals surface area contributed by atoms with Crippen molar-refractivity contribution < 1.29 is 13.2 Å². The van der Waals surface area contributed by atoms with Crippen molar-refractivity contribution in [1.29, 1.82) is 0 Å². The molecular formula is C13H8Cl2F3N3. The van der Waals surface area contributed by atoms with E-state index in [1.54, 1.807) is 18.2 Å². The molecule has 0 bridgehead atoms. The maximum Gasteiger partial charge on any atom is 0.417 e. The maximum absolute atomic E-state index is 12.4. The minimum Gasteiger partial charge on any atom is -0.261 e. The smallest absolute Gasteiger partial charge is 0.261 e. The lowest BCUT2D eigenvalue weighted by Crippen LogP contribution is -2.05. The molecule has 1 aromatic carbocycles. The highest BCUT2D eigenvalue weighted by Gasteiger charge is 2.30. The number of halogens is 5. The average molecular weight is 334 g/mol. The van der Waals surface area contributed by atoms with Gasteiger partial charge in [0.05, 0.1) is 21.8 Å². The highest BCUT2D eigenvalue weighted by molar-refractivity contribution is 6.43. The summed E-state index contributed by atoms with van der Waals surface area (Å²) in [4.78, 5) is 3.61. The lowest BCUT2D eigenvalue weighted by molar-refractivity contribution is -0.137. The van der Waals surface area contributed by atoms with Crippen molar-refractivity contribution in [3.8, 4) is 0 Å². The first-order valence-corrected chi connectivity index (χ1v) is 6.40. The zero-order valence-electron chi connectivity index (χ0n) is 10.3. The molecule has 0 atom stereocenters. The number of hydrogen-bond acceptors (Lipinski definition) is 3. The summed E-state index contributed by atoms with van der Waals surface area (Å²) in [6, 6.07) is 7.12. The summed E-state index contributed by atoms with van der Waals surface area (Å²) in [5.74, 6) is 0.178. The first kappa shape index (κ1) is 15.6. The topological polar surface area (TPSA) is 37.3 Å². The van der Waals surface area contributed by atoms with Gasteiger partial charge in [-0.3, -0.25) is 5.43 Å². The molecule has 0 saturated heterocycles. The Hall–Kier alpha value is -1.79. The average Bonchev–Trinajstić information content (AvgIpc) is 2.43. The Morgan fingerprint density at radius 3 is 2.52 bits per heavy atom. The summed E-state index contributed by atoms with van der Waals surface area (Å²) in [5.41, 5.74) is 2.26. The quantitative estimate of drug-likeness (QED) is 0.643. The van der Waals surface area contributed by atoms with E-state index in [0.29, 0.717) is 15.6 Å². The van der Waals surface area contributed by atoms with E-state index in [-0.39, 0.29) is 5.82 Å². The Labute approximate surface area is 128 Å². The molecule has 0 aliphatic rings. The number of pyridine rings is 1. The molecule has 0 saturated carbocycles. The molecule has 110 valence electrons. The fourth-order valence-corrected chi connectivity index (χ4v) is 1.77. The SMILES string of the molecule is FC(F)(F)c1ccc(N/N=C\c2cccc(Cl)c2Cl)nc1. The first-order chi connectivity index (χ1) is 9.88. The molecule has 0 unspecified atom stereocenters. The third kappa shape index (κ3) is 4.09. The molecule has 8 heteroatoms. The van der Waals surface area contributed by atoms with Gasteiger partial charge in [-0.2, -0.15) is 18.3 Å². The summed E-state index contributed by atoms with van der Waals surface area (Å²) in [5, 5.41) is 4.56. The number of benzene rings is 1. The Morgan fingerprint density at radius 2 is 1.90 bits per heavy atom. The molecule has 0 spiro atoms. The van der Waals surface area contributed by atoms with Gasteiger partial charge < -0.3 is 0 Å². The number of hydrogen-bond donors (Lipinski definition) is 1. The van der Waals surface area contributed by atoms with Crippen LogP contribution in [0.1, 0.15) is 11.1 Å². The summed E-state index contributed by atoms with van der Waals surface area (Å²) in [7, 11) is 0. The third-order valence-corrected chi connectivity index (χ3v) is 3.29. The van der Waals surface area contributed by atoms with Crippen LogP contribution in [0, 0.1) is 0 Å². The van der Waals surface area contributed by atoms with Crippen molar-refractivity contribution in [1.82, 2.24) is 4.98 Å². The van der Waals surface area contributed by atoms with Crippen molar-refractivity contribution >= 4 is 35.2 Å². The first-order valence-electron chi connectivity index (χ1n) is 5.64. The van der Waals surface area contributed by atoms with Gasteiger partial charge in [0.1, 0.15) is 5.82 Å². The fourth-order valence-electron chi connectivity index (χ4n) is 1.42. The second kappa shape index (κ2) is 6.32. The molecule has 1 aromatic heterocycles. The Morgan fingerprint density at radius 1 is 1.14 bits per heavy atom. The van der Waals surface area contributed by atoms with Crippen molar-refractivity contribution in [2.75, 3.05) is 5.43 Å². The Balaban J connectivity index is 2.06. The molecule has 0 aliphatic carbocycles. The van der Waals surface area contributed by atoms with E-state index in [1.165, 1.54) is 12.3 Å². The Kier molecular flexibility index (Phi) is 4.69. The van der Waals surface area contributed by atoms with Gasteiger partial charge in [0, 0.05) is 11.8 Å². The summed E-state index contributed by atoms with van der Waals surface area (Å²) < 4.78 is 37.1. The van der Waals surface area contributed by atoms with Gasteiger partial charge in [-0.05, 0) is 18.2 Å². The maximum atomic E-state index is 12.4. The van der Waals surface area contributed by atoms with E-state index >= 15 is 0 Å². The van der Waals surface area contributed by atoms with Crippen molar-refractivity contribution in [2.45, 2.75) is 6.18 Å². The van der Waals surface area contributed by atoms with Crippen LogP contribution in [0.4, 0.5) is 19.0 Å². The zero-order valence-corrected chi connectivity index (χ0v) is 11.8. The van der Waals surface area contributed by atoms with Crippen LogP contribution in [-0.2, 0) is 6.18 Å². The van der Waals surface area contributed by atoms with Crippen LogP contribution in [0.5, 0.6) is 0 Å². The zero-order chi connectivity index (χ0) is 15.5. The highest BCUT2D eigenvalue weighted by atomic mass is 35.5. The minimum absolute atomic E-state index is 0.178. The number of anilines is 1. The second-order valence-electron chi connectivity index (χ2n) is 3.94. The van der Waals surface area contributed by atoms with E-state index in [9.17, 15) is 13.2 Å². The van der Waals surface area contributed by atoms with Crippen LogP contribution in [0.3, 0.4) is 0 Å². The van der Waals surface area contributed by atoms with E-state index in [2.05, 4.69) is 15.5 Å². The monoisotopic (exact) mass is 333 g/mol. The van der Waals surface area contributed by atoms with Gasteiger partial charge in [-0.25, -0.2) is 4.98 Å². The molecule has 2 rings (SSSR count). The number of hydrazone groups is 1. The van der Waals surface area contributed by atoms with Crippen LogP contribution in [-0.4, -0.2) is 11.2 Å². The number of rotatable bonds is 3. The summed E-state index contributed by atoms with van der Waals surface area (Å²) in [6.07, 6.45) is -2.29. The molecule has 1 N–H and O–H groups in total. The van der Waals surface area contributed by atoms with E-state index in [1.807, 2.05) is 0 Å². The van der Waals surface area contributed by atoms with E-state index < -0.39 is 11.7 Å². The molecule has 2 aromatic rings. The van der Waals surface area contributed by atoms with Crippen LogP contribution in [0.25, 0.3) is 0 Å². The second-order valence-corrected chi connectivity index (χ2v) is 4.73. The lowest BCUT2D eigenvalue weighted by atomic mass is 10.2. The Bertz CT molecular complexity index is 655. The molecule has 0 amide bonds. The largest absolute Gasteiger partial charge is 0.417 e. The van der Waals surface area contributed by atoms with E-state index in [4.69, 9.17) is 23.2 Å². The van der Waals surface area contributed by atoms with Crippen LogP contribution >= 0.6 is 23.2 Å². The standard InChI is InChI=1S/C13H8Cl2F3N3/c14-10-3-1-2-8(12(10)15)6-20-21-11-5-4-9(7-19-11)13(16,17)18/h1-7H,(H,19,21)/b20-6-. The van der Waals surface area contributed by atoms with Crippen LogP contribution in [0.2, 0.25) is 10.0 Å². The van der Waals surface area contributed by atoms with Crippen molar-refractivity contribution in [3.05, 3.63) is 57.7 Å². The summed E-state index contributed by atoms with van der Waals surface area (Å²) >= 11 is 11.8. The normalized spacial score (nSPS) is 11.9. The molecular weight excluding hydrogens is 326 g/mol. The number of nitrogens with zero attached hydrogens (tertiary/aromatic N) is 2. The fraction of sp³-hybridized carbons (Fsp3) is 0.0769. The van der Waals surface area contributed by atoms with Gasteiger partial charge in [0.2, 0.25) is 0 Å². The van der Waals surface area contributed by atoms with Crippen LogP contribution < -0.4 is 5.43 Å². The van der Waals surface area contributed by atoms with Crippen molar-refractivity contribution in [2.24, 2.45) is 5.10 Å². The lowest BCUT2D eigenvalue weighted by Gasteiger charge is -2.06. The molecule has 0 fully saturated rings. The van der Waals surface area contributed by atoms with Gasteiger partial charge in [-0.1, -0.05) is 35.3 Å². The number of alkyl halides is 3. The predicted octanol–water partition coefficient (Wildman–Crippen LogP) is 4.85. The van der Waals surface area contributed by atoms with Gasteiger partial charge >= 0.3 is 6.18 Å². The highest BCUT2D eigenvalue weighted by Crippen LogP contribution is 2.29. The molecule has 3 nitrogen and oxygen atoms in total. The van der Waals surface area contributed by atoms with Gasteiger partial charge in [0.15, 0.2) is 0 Å². The molecule has 21 heavy (non-hydrogen) atoms. The molecule has 0 aliphatic heterocycles. The predicted molar refractivity (Wildman–Crippen MR) is 76.9 cm³/mol. The number of aromatic nitrogens is 1. The summed E-state index contributed by atoms with van der Waals surface area (Å²) in [6.45, 7) is 0. The van der Waals surface area contributed by atoms with Crippen molar-refractivity contribution in [3.63, 3.8) is 0 Å². The minimum atomic E-state index is -4.41. The van der Waals surface area contributed by atoms with Crippen LogP contribution in [0.15, 0.2) is 41.6 Å².